The van der Waals surface area contributed by atoms with Crippen molar-refractivity contribution in [3.05, 3.63) is 60.2 Å². The van der Waals surface area contributed by atoms with Crippen LogP contribution in [-0.4, -0.2) is 18.5 Å². The van der Waals surface area contributed by atoms with Crippen LogP contribution in [0.4, 0.5) is 25.2 Å². The van der Waals surface area contributed by atoms with Gasteiger partial charge in [-0.25, -0.2) is 4.79 Å². The van der Waals surface area contributed by atoms with E-state index in [9.17, 15) is 30.0 Å². The summed E-state index contributed by atoms with van der Waals surface area (Å²) in [7, 11) is -10.4. The minimum absolute atomic E-state index is 0.224. The molecule has 0 heterocycles. The molecule has 10 heteroatoms. The maximum absolute atomic E-state index is 11.8. The number of halogens is 6. The summed E-state index contributed by atoms with van der Waals surface area (Å²) in [6, 6.07) is 16.7. The fourth-order valence-corrected chi connectivity index (χ4v) is 2.20. The van der Waals surface area contributed by atoms with Gasteiger partial charge in [-0.2, -0.15) is 0 Å². The van der Waals surface area contributed by atoms with E-state index in [1.807, 2.05) is 42.5 Å². The monoisotopic (exact) mass is 404 g/mol. The van der Waals surface area contributed by atoms with Crippen molar-refractivity contribution in [2.75, 3.05) is 12.5 Å². The number of ether oxygens (including phenoxy) is 1. The SMILES string of the molecule is C[S+](C)c1ccc(OC(=O)c2ccccc2)cc1.F[P-](F)(F)(F)(F)F. The van der Waals surface area contributed by atoms with E-state index < -0.39 is 7.81 Å². The first-order chi connectivity index (χ1) is 11.1. The van der Waals surface area contributed by atoms with Gasteiger partial charge in [0, 0.05) is 10.9 Å². The Labute approximate surface area is 143 Å². The molecule has 0 bridgehead atoms. The Bertz CT molecular complexity index is 704. The van der Waals surface area contributed by atoms with E-state index in [1.165, 1.54) is 4.90 Å². The third-order valence-corrected chi connectivity index (χ3v) is 3.73. The van der Waals surface area contributed by atoms with Crippen LogP contribution in [0.15, 0.2) is 59.5 Å². The third kappa shape index (κ3) is 11.4. The van der Waals surface area contributed by atoms with Gasteiger partial charge in [0.25, 0.3) is 0 Å². The first kappa shape index (κ1) is 21.3. The van der Waals surface area contributed by atoms with Gasteiger partial charge in [0.15, 0.2) is 4.90 Å². The second-order valence-corrected chi connectivity index (χ2v) is 9.02. The molecule has 0 aliphatic carbocycles. The van der Waals surface area contributed by atoms with Crippen molar-refractivity contribution in [2.45, 2.75) is 4.90 Å². The molecule has 2 rings (SSSR count). The number of carbonyl (C=O) groups excluding carboxylic acids is 1. The van der Waals surface area contributed by atoms with Crippen molar-refractivity contribution in [2.24, 2.45) is 0 Å². The maximum atomic E-state index is 11.8. The molecule has 0 spiro atoms. The number of hydrogen-bond acceptors (Lipinski definition) is 2. The Morgan fingerprint density at radius 2 is 1.28 bits per heavy atom. The molecule has 0 saturated heterocycles. The van der Waals surface area contributed by atoms with Crippen LogP contribution in [0.1, 0.15) is 10.4 Å². The first-order valence-corrected chi connectivity index (χ1v) is 10.7. The third-order valence-electron chi connectivity index (χ3n) is 2.52. The van der Waals surface area contributed by atoms with Crippen molar-refractivity contribution in [3.63, 3.8) is 0 Å². The van der Waals surface area contributed by atoms with E-state index in [-0.39, 0.29) is 16.9 Å². The second kappa shape index (κ2) is 6.88. The Morgan fingerprint density at radius 1 is 0.840 bits per heavy atom. The van der Waals surface area contributed by atoms with Crippen LogP contribution in [0, 0.1) is 0 Å². The van der Waals surface area contributed by atoms with Crippen molar-refractivity contribution >= 4 is 24.7 Å². The summed E-state index contributed by atoms with van der Waals surface area (Å²) in [5, 5.41) is 0. The van der Waals surface area contributed by atoms with Gasteiger partial charge >= 0.3 is 39.0 Å². The average molecular weight is 404 g/mol. The average Bonchev–Trinajstić information content (AvgIpc) is 2.45. The zero-order valence-corrected chi connectivity index (χ0v) is 14.8. The van der Waals surface area contributed by atoms with Crippen LogP contribution in [0.2, 0.25) is 0 Å². The van der Waals surface area contributed by atoms with Crippen LogP contribution in [-0.2, 0) is 10.9 Å². The van der Waals surface area contributed by atoms with Crippen LogP contribution >= 0.6 is 7.81 Å². The fraction of sp³-hybridized carbons (Fsp3) is 0.133. The molecule has 0 aliphatic heterocycles. The molecule has 0 atom stereocenters. The van der Waals surface area contributed by atoms with E-state index in [0.29, 0.717) is 11.3 Å². The van der Waals surface area contributed by atoms with E-state index in [4.69, 9.17) is 4.74 Å². The minimum atomic E-state index is -10.7. The summed E-state index contributed by atoms with van der Waals surface area (Å²) >= 11 is 0. The van der Waals surface area contributed by atoms with Gasteiger partial charge in [-0.05, 0) is 36.4 Å². The normalized spacial score (nSPS) is 14.0. The predicted octanol–water partition coefficient (Wildman–Crippen LogP) is 6.53. The Balaban J connectivity index is 0.000000381. The summed E-state index contributed by atoms with van der Waals surface area (Å²) in [6.07, 6.45) is 4.32. The molecule has 2 aromatic rings. The molecule has 0 aromatic heterocycles. The summed E-state index contributed by atoms with van der Waals surface area (Å²) in [6.45, 7) is 0. The van der Waals surface area contributed by atoms with Gasteiger partial charge in [-0.15, -0.1) is 0 Å². The van der Waals surface area contributed by atoms with E-state index in [1.54, 1.807) is 12.1 Å². The molecule has 2 aromatic carbocycles. The molecule has 0 saturated carbocycles. The molecule has 140 valence electrons. The predicted molar refractivity (Wildman–Crippen MR) is 88.9 cm³/mol. The van der Waals surface area contributed by atoms with Gasteiger partial charge in [-0.3, -0.25) is 0 Å². The van der Waals surface area contributed by atoms with Gasteiger partial charge in [0.1, 0.15) is 18.3 Å². The van der Waals surface area contributed by atoms with Crippen LogP contribution in [0.5, 0.6) is 5.75 Å². The Hall–Kier alpha value is -1.73. The van der Waals surface area contributed by atoms with Crippen LogP contribution in [0.25, 0.3) is 0 Å². The van der Waals surface area contributed by atoms with Crippen LogP contribution in [0.3, 0.4) is 0 Å². The van der Waals surface area contributed by atoms with Gasteiger partial charge in [-0.1, -0.05) is 18.2 Å². The second-order valence-electron chi connectivity index (χ2n) is 5.00. The molecule has 0 amide bonds. The molecular formula is C15H15F6O2PS. The van der Waals surface area contributed by atoms with Gasteiger partial charge < -0.3 is 4.74 Å². The zero-order chi connectivity index (χ0) is 19.4. The number of esters is 1. The summed E-state index contributed by atoms with van der Waals surface area (Å²) in [4.78, 5) is 13.1. The molecule has 0 aliphatic rings. The molecule has 25 heavy (non-hydrogen) atoms. The van der Waals surface area contributed by atoms with Gasteiger partial charge in [0.05, 0.1) is 5.56 Å². The molecule has 0 unspecified atom stereocenters. The fourth-order valence-electron chi connectivity index (χ4n) is 1.52. The zero-order valence-electron chi connectivity index (χ0n) is 13.1. The van der Waals surface area contributed by atoms with E-state index in [2.05, 4.69) is 12.5 Å². The Kier molecular flexibility index (Phi) is 5.86. The number of rotatable bonds is 3. The van der Waals surface area contributed by atoms with E-state index in [0.717, 1.165) is 0 Å². The molecule has 0 fully saturated rings. The van der Waals surface area contributed by atoms with Crippen molar-refractivity contribution in [1.82, 2.24) is 0 Å². The quantitative estimate of drug-likeness (QED) is 0.191. The molecular weight excluding hydrogens is 389 g/mol. The number of hydrogen-bond donors (Lipinski definition) is 0. The van der Waals surface area contributed by atoms with E-state index >= 15 is 0 Å². The number of benzene rings is 2. The number of carbonyl (C=O) groups is 1. The Morgan fingerprint density at radius 3 is 1.68 bits per heavy atom. The first-order valence-electron chi connectivity index (χ1n) is 6.63. The molecule has 2 nitrogen and oxygen atoms in total. The summed E-state index contributed by atoms with van der Waals surface area (Å²) < 4.78 is 64.5. The van der Waals surface area contributed by atoms with Crippen molar-refractivity contribution in [1.29, 1.82) is 0 Å². The topological polar surface area (TPSA) is 26.3 Å². The van der Waals surface area contributed by atoms with Crippen LogP contribution < -0.4 is 4.74 Å². The van der Waals surface area contributed by atoms with Crippen molar-refractivity contribution < 1.29 is 34.7 Å². The molecule has 0 N–H and O–H groups in total. The summed E-state index contributed by atoms with van der Waals surface area (Å²) in [5.74, 6) is 0.258. The molecule has 0 radical (unpaired) electrons. The summed E-state index contributed by atoms with van der Waals surface area (Å²) in [5.41, 5.74) is 0.562. The standard InChI is InChI=1S/C15H15O2S.F6P/c1-18(2)14-10-8-13(9-11-14)17-15(16)12-6-4-3-5-7-12;1-7(2,3,4,5)6/h3-11H,1-2H3;/q+1;-1. The van der Waals surface area contributed by atoms with Crippen molar-refractivity contribution in [3.8, 4) is 5.75 Å². The van der Waals surface area contributed by atoms with Gasteiger partial charge in [0.2, 0.25) is 0 Å².